The maximum absolute atomic E-state index is 9.16. The van der Waals surface area contributed by atoms with E-state index in [1.54, 1.807) is 12.5 Å². The average Bonchev–Trinajstić information content (AvgIpc) is 2.75. The molecular weight excluding hydrogens is 190 g/mol. The number of aromatic amines is 1. The first-order valence-corrected chi connectivity index (χ1v) is 5.12. The van der Waals surface area contributed by atoms with Gasteiger partial charge in [-0.15, -0.1) is 0 Å². The molecule has 5 heteroatoms. The molecule has 0 saturated carbocycles. The molecule has 0 radical (unpaired) electrons. The Labute approximate surface area is 89.3 Å². The summed E-state index contributed by atoms with van der Waals surface area (Å²) >= 11 is 0. The highest BCUT2D eigenvalue weighted by Gasteiger charge is 2.24. The summed E-state index contributed by atoms with van der Waals surface area (Å²) in [5.41, 5.74) is 0.891. The first kappa shape index (κ1) is 10.1. The number of piperazine rings is 1. The fraction of sp³-hybridized carbons (Fsp3) is 0.600. The van der Waals surface area contributed by atoms with Crippen molar-refractivity contribution in [3.8, 4) is 6.07 Å². The SMILES string of the molecule is CN1CCN(C(C#N)c2cnc[nH]2)CC1. The zero-order valence-electron chi connectivity index (χ0n) is 8.85. The van der Waals surface area contributed by atoms with Crippen LogP contribution in [-0.2, 0) is 0 Å². The van der Waals surface area contributed by atoms with Crippen molar-refractivity contribution in [2.75, 3.05) is 33.2 Å². The smallest absolute Gasteiger partial charge is 0.140 e. The van der Waals surface area contributed by atoms with Crippen molar-refractivity contribution in [1.82, 2.24) is 19.8 Å². The van der Waals surface area contributed by atoms with E-state index in [2.05, 4.69) is 32.9 Å². The molecular formula is C10H15N5. The van der Waals surface area contributed by atoms with E-state index in [0.717, 1.165) is 31.9 Å². The fourth-order valence-corrected chi connectivity index (χ4v) is 1.84. The van der Waals surface area contributed by atoms with Crippen LogP contribution in [-0.4, -0.2) is 53.0 Å². The summed E-state index contributed by atoms with van der Waals surface area (Å²) in [6.07, 6.45) is 3.35. The third-order valence-corrected chi connectivity index (χ3v) is 2.84. The number of H-pyrrole nitrogens is 1. The number of rotatable bonds is 2. The van der Waals surface area contributed by atoms with Crippen molar-refractivity contribution >= 4 is 0 Å². The summed E-state index contributed by atoms with van der Waals surface area (Å²) in [6, 6.07) is 2.15. The summed E-state index contributed by atoms with van der Waals surface area (Å²) in [5.74, 6) is 0. The molecule has 80 valence electrons. The predicted molar refractivity (Wildman–Crippen MR) is 56.0 cm³/mol. The van der Waals surface area contributed by atoms with Gasteiger partial charge in [0.15, 0.2) is 0 Å². The molecule has 0 spiro atoms. The Morgan fingerprint density at radius 1 is 1.47 bits per heavy atom. The Balaban J connectivity index is 2.05. The largest absolute Gasteiger partial charge is 0.346 e. The second-order valence-corrected chi connectivity index (χ2v) is 3.88. The van der Waals surface area contributed by atoms with Crippen LogP contribution in [0, 0.1) is 11.3 Å². The van der Waals surface area contributed by atoms with Crippen LogP contribution in [0.3, 0.4) is 0 Å². The molecule has 2 heterocycles. The number of nitrogens with zero attached hydrogens (tertiary/aromatic N) is 4. The van der Waals surface area contributed by atoms with E-state index in [0.29, 0.717) is 0 Å². The van der Waals surface area contributed by atoms with Gasteiger partial charge in [-0.1, -0.05) is 0 Å². The third-order valence-electron chi connectivity index (χ3n) is 2.84. The Morgan fingerprint density at radius 2 is 2.20 bits per heavy atom. The predicted octanol–water partition coefficient (Wildman–Crippen LogP) is 0.222. The second-order valence-electron chi connectivity index (χ2n) is 3.88. The Morgan fingerprint density at radius 3 is 2.73 bits per heavy atom. The van der Waals surface area contributed by atoms with E-state index in [-0.39, 0.29) is 6.04 Å². The highest BCUT2D eigenvalue weighted by Crippen LogP contribution is 2.18. The summed E-state index contributed by atoms with van der Waals surface area (Å²) in [4.78, 5) is 11.4. The van der Waals surface area contributed by atoms with Gasteiger partial charge in [-0.25, -0.2) is 4.98 Å². The molecule has 1 fully saturated rings. The zero-order valence-corrected chi connectivity index (χ0v) is 8.85. The van der Waals surface area contributed by atoms with Gasteiger partial charge in [0.25, 0.3) is 0 Å². The summed E-state index contributed by atoms with van der Waals surface area (Å²) < 4.78 is 0. The highest BCUT2D eigenvalue weighted by atomic mass is 15.3. The standard InChI is InChI=1S/C10H15N5/c1-14-2-4-15(5-3-14)10(6-11)9-7-12-8-13-9/h7-8,10H,2-5H2,1H3,(H,12,13). The number of hydrogen-bond donors (Lipinski definition) is 1. The van der Waals surface area contributed by atoms with Crippen molar-refractivity contribution in [2.45, 2.75) is 6.04 Å². The molecule has 1 aliphatic heterocycles. The second kappa shape index (κ2) is 4.43. The van der Waals surface area contributed by atoms with Crippen LogP contribution in [0.15, 0.2) is 12.5 Å². The van der Waals surface area contributed by atoms with Gasteiger partial charge in [0.2, 0.25) is 0 Å². The van der Waals surface area contributed by atoms with E-state index in [4.69, 9.17) is 5.26 Å². The molecule has 0 aromatic carbocycles. The number of aromatic nitrogens is 2. The molecule has 1 aromatic heterocycles. The van der Waals surface area contributed by atoms with Gasteiger partial charge in [-0.2, -0.15) is 5.26 Å². The quantitative estimate of drug-likeness (QED) is 0.750. The molecule has 1 N–H and O–H groups in total. The lowest BCUT2D eigenvalue weighted by Gasteiger charge is -2.34. The third kappa shape index (κ3) is 2.17. The molecule has 5 nitrogen and oxygen atoms in total. The monoisotopic (exact) mass is 205 g/mol. The van der Waals surface area contributed by atoms with Crippen LogP contribution < -0.4 is 0 Å². The van der Waals surface area contributed by atoms with Gasteiger partial charge in [0, 0.05) is 26.2 Å². The van der Waals surface area contributed by atoms with Gasteiger partial charge < -0.3 is 9.88 Å². The summed E-state index contributed by atoms with van der Waals surface area (Å²) in [6.45, 7) is 3.92. The van der Waals surface area contributed by atoms with Crippen LogP contribution in [0.1, 0.15) is 11.7 Å². The molecule has 0 bridgehead atoms. The topological polar surface area (TPSA) is 58.9 Å². The minimum absolute atomic E-state index is 0.179. The van der Waals surface area contributed by atoms with Gasteiger partial charge in [-0.05, 0) is 7.05 Å². The van der Waals surface area contributed by atoms with Crippen molar-refractivity contribution in [1.29, 1.82) is 5.26 Å². The van der Waals surface area contributed by atoms with E-state index < -0.39 is 0 Å². The molecule has 1 unspecified atom stereocenters. The Hall–Kier alpha value is -1.38. The van der Waals surface area contributed by atoms with Gasteiger partial charge in [-0.3, -0.25) is 4.90 Å². The first-order valence-electron chi connectivity index (χ1n) is 5.12. The molecule has 1 atom stereocenters. The number of hydrogen-bond acceptors (Lipinski definition) is 4. The van der Waals surface area contributed by atoms with Crippen LogP contribution in [0.25, 0.3) is 0 Å². The summed E-state index contributed by atoms with van der Waals surface area (Å²) in [5, 5.41) is 9.16. The van der Waals surface area contributed by atoms with Crippen molar-refractivity contribution in [3.63, 3.8) is 0 Å². The van der Waals surface area contributed by atoms with E-state index in [9.17, 15) is 0 Å². The zero-order chi connectivity index (χ0) is 10.7. The Bertz CT molecular complexity index is 331. The average molecular weight is 205 g/mol. The number of imidazole rings is 1. The molecule has 0 amide bonds. The molecule has 0 aliphatic carbocycles. The molecule has 1 aliphatic rings. The maximum Gasteiger partial charge on any atom is 0.140 e. The van der Waals surface area contributed by atoms with Crippen LogP contribution >= 0.6 is 0 Å². The number of nitriles is 1. The fourth-order valence-electron chi connectivity index (χ4n) is 1.84. The first-order chi connectivity index (χ1) is 7.31. The van der Waals surface area contributed by atoms with E-state index in [1.807, 2.05) is 0 Å². The minimum Gasteiger partial charge on any atom is -0.346 e. The van der Waals surface area contributed by atoms with Crippen LogP contribution in [0.2, 0.25) is 0 Å². The van der Waals surface area contributed by atoms with E-state index >= 15 is 0 Å². The lowest BCUT2D eigenvalue weighted by Crippen LogP contribution is -2.45. The van der Waals surface area contributed by atoms with Crippen molar-refractivity contribution in [2.24, 2.45) is 0 Å². The highest BCUT2D eigenvalue weighted by molar-refractivity contribution is 5.12. The lowest BCUT2D eigenvalue weighted by molar-refractivity contribution is 0.131. The number of nitrogens with one attached hydrogen (secondary N) is 1. The Kier molecular flexibility index (Phi) is 2.99. The maximum atomic E-state index is 9.16. The molecule has 2 rings (SSSR count). The van der Waals surface area contributed by atoms with Crippen LogP contribution in [0.5, 0.6) is 0 Å². The molecule has 15 heavy (non-hydrogen) atoms. The lowest BCUT2D eigenvalue weighted by atomic mass is 10.2. The van der Waals surface area contributed by atoms with Crippen LogP contribution in [0.4, 0.5) is 0 Å². The van der Waals surface area contributed by atoms with Crippen molar-refractivity contribution in [3.05, 3.63) is 18.2 Å². The summed E-state index contributed by atoms with van der Waals surface area (Å²) in [7, 11) is 2.11. The number of likely N-dealkylation sites (N-methyl/N-ethyl adjacent to an activating group) is 1. The van der Waals surface area contributed by atoms with Gasteiger partial charge in [0.1, 0.15) is 6.04 Å². The normalized spacial score (nSPS) is 21.1. The van der Waals surface area contributed by atoms with E-state index in [1.165, 1.54) is 0 Å². The van der Waals surface area contributed by atoms with Gasteiger partial charge in [0.05, 0.1) is 24.3 Å². The minimum atomic E-state index is -0.179. The molecule has 1 saturated heterocycles. The molecule has 1 aromatic rings. The van der Waals surface area contributed by atoms with Crippen molar-refractivity contribution < 1.29 is 0 Å². The van der Waals surface area contributed by atoms with Gasteiger partial charge >= 0.3 is 0 Å².